The van der Waals surface area contributed by atoms with Crippen LogP contribution < -0.4 is 19.7 Å². The number of carbonyl (C=O) groups excluding carboxylic acids is 3. The summed E-state index contributed by atoms with van der Waals surface area (Å²) in [6.45, 7) is 5.05. The summed E-state index contributed by atoms with van der Waals surface area (Å²) in [7, 11) is 1.54. The molecule has 0 radical (unpaired) electrons. The first kappa shape index (κ1) is 28.3. The van der Waals surface area contributed by atoms with E-state index in [1.165, 1.54) is 0 Å². The molecule has 9 nitrogen and oxygen atoms in total. The Morgan fingerprint density at radius 2 is 1.80 bits per heavy atom. The van der Waals surface area contributed by atoms with Crippen LogP contribution in [0.4, 0.5) is 16.2 Å². The number of hydrogen-bond donors (Lipinski definition) is 1. The number of amides is 3. The van der Waals surface area contributed by atoms with E-state index in [4.69, 9.17) is 14.2 Å². The fraction of sp³-hybridized carbons (Fsp3) is 0.258. The van der Waals surface area contributed by atoms with Crippen LogP contribution in [0.25, 0.3) is 6.08 Å². The predicted octanol–water partition coefficient (Wildman–Crippen LogP) is 5.09. The van der Waals surface area contributed by atoms with Gasteiger partial charge in [-0.25, -0.2) is 0 Å². The van der Waals surface area contributed by atoms with Crippen molar-refractivity contribution in [3.8, 4) is 11.5 Å². The molecule has 0 bridgehead atoms. The van der Waals surface area contributed by atoms with Gasteiger partial charge >= 0.3 is 0 Å². The van der Waals surface area contributed by atoms with Crippen molar-refractivity contribution >= 4 is 46.3 Å². The summed E-state index contributed by atoms with van der Waals surface area (Å²) in [6, 6.07) is 20.8. The van der Waals surface area contributed by atoms with E-state index in [-0.39, 0.29) is 11.4 Å². The number of imide groups is 1. The third-order valence-electron chi connectivity index (χ3n) is 6.66. The van der Waals surface area contributed by atoms with Crippen LogP contribution in [0.5, 0.6) is 11.5 Å². The lowest BCUT2D eigenvalue weighted by Gasteiger charge is -2.28. The third kappa shape index (κ3) is 7.08. The van der Waals surface area contributed by atoms with Gasteiger partial charge in [-0.1, -0.05) is 35.9 Å². The van der Waals surface area contributed by atoms with Crippen LogP contribution in [0.15, 0.2) is 71.6 Å². The van der Waals surface area contributed by atoms with Crippen molar-refractivity contribution in [3.63, 3.8) is 0 Å². The molecule has 2 aliphatic heterocycles. The van der Waals surface area contributed by atoms with Gasteiger partial charge in [-0.3, -0.25) is 19.3 Å². The van der Waals surface area contributed by atoms with Gasteiger partial charge in [0.15, 0.2) is 11.5 Å². The summed E-state index contributed by atoms with van der Waals surface area (Å²) >= 11 is 0.800. The molecule has 0 unspecified atom stereocenters. The van der Waals surface area contributed by atoms with E-state index >= 15 is 0 Å². The van der Waals surface area contributed by atoms with E-state index in [2.05, 4.69) is 16.3 Å². The molecular weight excluding hydrogens is 542 g/mol. The second kappa shape index (κ2) is 12.9. The summed E-state index contributed by atoms with van der Waals surface area (Å²) in [4.78, 5) is 41.7. The fourth-order valence-corrected chi connectivity index (χ4v) is 5.40. The second-order valence-electron chi connectivity index (χ2n) is 9.65. The van der Waals surface area contributed by atoms with Gasteiger partial charge in [-0.2, -0.15) is 0 Å². The number of methoxy groups -OCH3 is 1. The third-order valence-corrected chi connectivity index (χ3v) is 7.57. The molecule has 2 heterocycles. The molecule has 212 valence electrons. The van der Waals surface area contributed by atoms with Crippen molar-refractivity contribution in [2.24, 2.45) is 0 Å². The Morgan fingerprint density at radius 3 is 2.54 bits per heavy atom. The van der Waals surface area contributed by atoms with E-state index in [0.717, 1.165) is 46.6 Å². The molecule has 0 atom stereocenters. The number of benzene rings is 3. The maximum atomic E-state index is 13.0. The molecule has 0 saturated carbocycles. The van der Waals surface area contributed by atoms with Gasteiger partial charge in [-0.15, -0.1) is 0 Å². The van der Waals surface area contributed by atoms with Crippen molar-refractivity contribution in [2.45, 2.75) is 13.5 Å². The van der Waals surface area contributed by atoms with Gasteiger partial charge in [0.1, 0.15) is 13.2 Å². The molecule has 3 aromatic carbocycles. The topological polar surface area (TPSA) is 97.4 Å². The normalized spacial score (nSPS) is 16.3. The molecule has 0 aromatic heterocycles. The highest BCUT2D eigenvalue weighted by molar-refractivity contribution is 8.18. The van der Waals surface area contributed by atoms with Gasteiger partial charge in [0.25, 0.3) is 11.1 Å². The van der Waals surface area contributed by atoms with Crippen LogP contribution in [-0.4, -0.2) is 61.9 Å². The van der Waals surface area contributed by atoms with Gasteiger partial charge in [-0.05, 0) is 72.3 Å². The first-order valence-corrected chi connectivity index (χ1v) is 14.1. The largest absolute Gasteiger partial charge is 0.493 e. The van der Waals surface area contributed by atoms with Crippen molar-refractivity contribution in [1.29, 1.82) is 0 Å². The molecule has 5 rings (SSSR count). The Bertz CT molecular complexity index is 1470. The molecule has 0 spiro atoms. The minimum atomic E-state index is -0.517. The SMILES string of the molecule is COc1cc(/C=C2\SC(=O)N(CC(=O)Nc3ccc(N4CCOCC4)cc3)C2=O)ccc1OCc1cccc(C)c1. The molecule has 10 heteroatoms. The Labute approximate surface area is 243 Å². The number of rotatable bonds is 9. The highest BCUT2D eigenvalue weighted by atomic mass is 32.2. The van der Waals surface area contributed by atoms with Crippen LogP contribution in [0.1, 0.15) is 16.7 Å². The van der Waals surface area contributed by atoms with Crippen LogP contribution in [0.2, 0.25) is 0 Å². The van der Waals surface area contributed by atoms with E-state index in [9.17, 15) is 14.4 Å². The Kier molecular flexibility index (Phi) is 8.91. The number of anilines is 2. The minimum absolute atomic E-state index is 0.230. The maximum absolute atomic E-state index is 13.0. The van der Waals surface area contributed by atoms with Crippen molar-refractivity contribution < 1.29 is 28.6 Å². The molecule has 3 amide bonds. The maximum Gasteiger partial charge on any atom is 0.294 e. The molecule has 2 aliphatic rings. The number of carbonyl (C=O) groups is 3. The highest BCUT2D eigenvalue weighted by Gasteiger charge is 2.36. The number of nitrogens with one attached hydrogen (secondary N) is 1. The van der Waals surface area contributed by atoms with Crippen LogP contribution in [-0.2, 0) is 20.9 Å². The summed E-state index contributed by atoms with van der Waals surface area (Å²) in [5, 5.41) is 2.27. The Balaban J connectivity index is 1.19. The lowest BCUT2D eigenvalue weighted by atomic mass is 10.1. The van der Waals surface area contributed by atoms with E-state index < -0.39 is 17.1 Å². The second-order valence-corrected chi connectivity index (χ2v) is 10.6. The monoisotopic (exact) mass is 573 g/mol. The predicted molar refractivity (Wildman–Crippen MR) is 159 cm³/mol. The minimum Gasteiger partial charge on any atom is -0.493 e. The quantitative estimate of drug-likeness (QED) is 0.354. The Morgan fingerprint density at radius 1 is 1.02 bits per heavy atom. The van der Waals surface area contributed by atoms with E-state index in [1.807, 2.05) is 37.3 Å². The summed E-state index contributed by atoms with van der Waals surface area (Å²) < 4.78 is 16.8. The molecule has 41 heavy (non-hydrogen) atoms. The first-order valence-electron chi connectivity index (χ1n) is 13.2. The summed E-state index contributed by atoms with van der Waals surface area (Å²) in [5.41, 5.74) is 4.49. The molecule has 2 saturated heterocycles. The number of aryl methyl sites for hydroxylation is 1. The van der Waals surface area contributed by atoms with Gasteiger partial charge in [0, 0.05) is 24.5 Å². The standard InChI is InChI=1S/C31H31N3O6S/c1-21-4-3-5-23(16-21)20-40-26-11-6-22(17-27(26)38-2)18-28-30(36)34(31(37)41-28)19-29(35)32-24-7-9-25(10-8-24)33-12-14-39-15-13-33/h3-11,16-18H,12-15,19-20H2,1-2H3,(H,32,35)/b28-18-. The smallest absolute Gasteiger partial charge is 0.294 e. The van der Waals surface area contributed by atoms with Crippen LogP contribution in [0, 0.1) is 6.92 Å². The first-order chi connectivity index (χ1) is 19.9. The lowest BCUT2D eigenvalue weighted by molar-refractivity contribution is -0.127. The fourth-order valence-electron chi connectivity index (χ4n) is 4.57. The van der Waals surface area contributed by atoms with Gasteiger partial charge in [0.2, 0.25) is 5.91 Å². The molecule has 2 fully saturated rings. The zero-order chi connectivity index (χ0) is 28.8. The summed E-state index contributed by atoms with van der Waals surface area (Å²) in [6.07, 6.45) is 1.61. The number of ether oxygens (including phenoxy) is 3. The number of hydrogen-bond acceptors (Lipinski definition) is 8. The van der Waals surface area contributed by atoms with Crippen molar-refractivity contribution in [2.75, 3.05) is 50.2 Å². The molecular formula is C31H31N3O6S. The van der Waals surface area contributed by atoms with Crippen molar-refractivity contribution in [3.05, 3.63) is 88.3 Å². The number of thioether (sulfide) groups is 1. The average Bonchev–Trinajstić information content (AvgIpc) is 3.24. The van der Waals surface area contributed by atoms with E-state index in [0.29, 0.717) is 42.6 Å². The summed E-state index contributed by atoms with van der Waals surface area (Å²) in [5.74, 6) is 0.0968. The molecule has 0 aliphatic carbocycles. The zero-order valence-corrected chi connectivity index (χ0v) is 23.7. The molecule has 3 aromatic rings. The highest BCUT2D eigenvalue weighted by Crippen LogP contribution is 2.35. The van der Waals surface area contributed by atoms with E-state index in [1.54, 1.807) is 43.5 Å². The van der Waals surface area contributed by atoms with Crippen LogP contribution in [0.3, 0.4) is 0 Å². The van der Waals surface area contributed by atoms with Crippen LogP contribution >= 0.6 is 11.8 Å². The molecule has 1 N–H and O–H groups in total. The zero-order valence-electron chi connectivity index (χ0n) is 22.9. The lowest BCUT2D eigenvalue weighted by Crippen LogP contribution is -2.36. The average molecular weight is 574 g/mol. The van der Waals surface area contributed by atoms with Gasteiger partial charge in [0.05, 0.1) is 25.2 Å². The Hall–Kier alpha value is -4.28. The number of morpholine rings is 1. The van der Waals surface area contributed by atoms with Crippen molar-refractivity contribution in [1.82, 2.24) is 4.90 Å². The number of nitrogens with zero attached hydrogens (tertiary/aromatic N) is 2. The van der Waals surface area contributed by atoms with Gasteiger partial charge < -0.3 is 24.4 Å².